The maximum atomic E-state index is 12.5. The minimum absolute atomic E-state index is 0.0433. The van der Waals surface area contributed by atoms with Gasteiger partial charge in [0.2, 0.25) is 5.91 Å². The summed E-state index contributed by atoms with van der Waals surface area (Å²) in [7, 11) is -2.31. The van der Waals surface area contributed by atoms with Crippen LogP contribution in [0, 0.1) is 11.3 Å². The van der Waals surface area contributed by atoms with E-state index in [1.54, 1.807) is 55.6 Å². The molecule has 0 aliphatic rings. The number of carbonyl (C=O) groups is 1. The predicted octanol–water partition coefficient (Wildman–Crippen LogP) is 2.41. The third-order valence-electron chi connectivity index (χ3n) is 3.47. The van der Waals surface area contributed by atoms with E-state index in [-0.39, 0.29) is 11.3 Å². The molecule has 2 aromatic rings. The smallest absolute Gasteiger partial charge is 0.229 e. The van der Waals surface area contributed by atoms with Gasteiger partial charge in [-0.1, -0.05) is 36.4 Å². The summed E-state index contributed by atoms with van der Waals surface area (Å²) in [6.45, 7) is 0. The number of sulfone groups is 1. The Morgan fingerprint density at radius 1 is 1.09 bits per heavy atom. The highest BCUT2D eigenvalue weighted by Crippen LogP contribution is 2.20. The predicted molar refractivity (Wildman–Crippen MR) is 87.5 cm³/mol. The fourth-order valence-electron chi connectivity index (χ4n) is 2.09. The van der Waals surface area contributed by atoms with Gasteiger partial charge in [0.1, 0.15) is 0 Å². The van der Waals surface area contributed by atoms with Crippen LogP contribution in [0.2, 0.25) is 0 Å². The van der Waals surface area contributed by atoms with E-state index in [1.807, 2.05) is 6.07 Å². The van der Waals surface area contributed by atoms with Crippen LogP contribution in [0.5, 0.6) is 0 Å². The van der Waals surface area contributed by atoms with Crippen LogP contribution in [0.3, 0.4) is 0 Å². The lowest BCUT2D eigenvalue weighted by Crippen LogP contribution is -2.32. The van der Waals surface area contributed by atoms with Crippen molar-refractivity contribution < 1.29 is 13.2 Å². The van der Waals surface area contributed by atoms with Gasteiger partial charge in [-0.05, 0) is 24.3 Å². The zero-order valence-electron chi connectivity index (χ0n) is 12.6. The molecule has 0 aliphatic heterocycles. The zero-order chi connectivity index (χ0) is 16.9. The van der Waals surface area contributed by atoms with Gasteiger partial charge in [0, 0.05) is 12.7 Å². The maximum Gasteiger partial charge on any atom is 0.229 e. The number of hydrogen-bond donors (Lipinski definition) is 0. The molecule has 0 aliphatic carbocycles. The molecule has 0 bridgehead atoms. The first kappa shape index (κ1) is 16.7. The Hall–Kier alpha value is -2.65. The average molecular weight is 328 g/mol. The Morgan fingerprint density at radius 3 is 2.13 bits per heavy atom. The van der Waals surface area contributed by atoms with E-state index in [9.17, 15) is 18.5 Å². The van der Waals surface area contributed by atoms with Crippen LogP contribution in [0.1, 0.15) is 6.42 Å². The maximum absolute atomic E-state index is 12.5. The van der Waals surface area contributed by atoms with Crippen molar-refractivity contribution in [3.05, 3.63) is 60.7 Å². The van der Waals surface area contributed by atoms with Crippen LogP contribution in [-0.4, -0.2) is 26.6 Å². The van der Waals surface area contributed by atoms with Crippen molar-refractivity contribution in [1.82, 2.24) is 0 Å². The molecule has 0 heterocycles. The first-order chi connectivity index (χ1) is 11.0. The number of hydrogen-bond acceptors (Lipinski definition) is 4. The average Bonchev–Trinajstić information content (AvgIpc) is 2.60. The Kier molecular flexibility index (Phi) is 5.14. The van der Waals surface area contributed by atoms with Gasteiger partial charge in [-0.2, -0.15) is 5.26 Å². The third-order valence-corrected chi connectivity index (χ3v) is 5.42. The number of benzene rings is 2. The van der Waals surface area contributed by atoms with Crippen LogP contribution >= 0.6 is 0 Å². The van der Waals surface area contributed by atoms with Gasteiger partial charge in [-0.3, -0.25) is 4.79 Å². The molecule has 0 aromatic heterocycles. The molecule has 1 atom stereocenters. The molecule has 0 saturated carbocycles. The molecule has 1 unspecified atom stereocenters. The standard InChI is InChI=1S/C17H16N2O3S/c1-19(14-8-4-2-5-9-14)17(20)12-16(13-18)23(21,22)15-10-6-3-7-11-15/h2-11,16H,12H2,1H3. The summed E-state index contributed by atoms with van der Waals surface area (Å²) in [5.74, 6) is -0.428. The monoisotopic (exact) mass is 328 g/mol. The number of para-hydroxylation sites is 1. The van der Waals surface area contributed by atoms with Crippen molar-refractivity contribution in [2.24, 2.45) is 0 Å². The van der Waals surface area contributed by atoms with Crippen molar-refractivity contribution in [1.29, 1.82) is 5.26 Å². The van der Waals surface area contributed by atoms with Crippen molar-refractivity contribution in [3.8, 4) is 6.07 Å². The fourth-order valence-corrected chi connectivity index (χ4v) is 3.46. The van der Waals surface area contributed by atoms with E-state index in [0.29, 0.717) is 5.69 Å². The molecule has 0 spiro atoms. The topological polar surface area (TPSA) is 78.2 Å². The number of nitriles is 1. The van der Waals surface area contributed by atoms with Crippen molar-refractivity contribution in [3.63, 3.8) is 0 Å². The highest BCUT2D eigenvalue weighted by molar-refractivity contribution is 7.92. The molecule has 0 N–H and O–H groups in total. The molecule has 1 amide bonds. The summed E-state index contributed by atoms with van der Waals surface area (Å²) in [5, 5.41) is 7.81. The molecule has 5 nitrogen and oxygen atoms in total. The Morgan fingerprint density at radius 2 is 1.61 bits per heavy atom. The van der Waals surface area contributed by atoms with Crippen molar-refractivity contribution in [2.45, 2.75) is 16.6 Å². The first-order valence-electron chi connectivity index (χ1n) is 6.97. The largest absolute Gasteiger partial charge is 0.315 e. The van der Waals surface area contributed by atoms with Crippen LogP contribution in [0.4, 0.5) is 5.69 Å². The quantitative estimate of drug-likeness (QED) is 0.844. The summed E-state index contributed by atoms with van der Waals surface area (Å²) >= 11 is 0. The van der Waals surface area contributed by atoms with E-state index < -0.39 is 21.0 Å². The lowest BCUT2D eigenvalue weighted by Gasteiger charge is -2.19. The summed E-state index contributed by atoms with van der Waals surface area (Å²) < 4.78 is 24.9. The molecule has 0 fully saturated rings. The molecule has 0 saturated heterocycles. The highest BCUT2D eigenvalue weighted by atomic mass is 32.2. The minimum Gasteiger partial charge on any atom is -0.315 e. The number of rotatable bonds is 5. The van der Waals surface area contributed by atoms with Crippen LogP contribution in [0.25, 0.3) is 0 Å². The molecule has 2 aromatic carbocycles. The number of amides is 1. The van der Waals surface area contributed by atoms with Gasteiger partial charge in [-0.15, -0.1) is 0 Å². The second-order valence-electron chi connectivity index (χ2n) is 4.97. The number of anilines is 1. The number of carbonyl (C=O) groups excluding carboxylic acids is 1. The van der Waals surface area contributed by atoms with Crippen LogP contribution in [0.15, 0.2) is 65.6 Å². The molecule has 118 valence electrons. The van der Waals surface area contributed by atoms with E-state index in [1.165, 1.54) is 17.0 Å². The normalized spacial score (nSPS) is 12.2. The van der Waals surface area contributed by atoms with Gasteiger partial charge in [0.05, 0.1) is 17.4 Å². The third kappa shape index (κ3) is 3.76. The van der Waals surface area contributed by atoms with E-state index >= 15 is 0 Å². The lowest BCUT2D eigenvalue weighted by atomic mass is 10.2. The zero-order valence-corrected chi connectivity index (χ0v) is 13.4. The highest BCUT2D eigenvalue weighted by Gasteiger charge is 2.30. The number of nitrogens with zero attached hydrogens (tertiary/aromatic N) is 2. The van der Waals surface area contributed by atoms with Crippen molar-refractivity contribution in [2.75, 3.05) is 11.9 Å². The fraction of sp³-hybridized carbons (Fsp3) is 0.176. The van der Waals surface area contributed by atoms with Gasteiger partial charge in [0.25, 0.3) is 0 Å². The molecular weight excluding hydrogens is 312 g/mol. The van der Waals surface area contributed by atoms with Crippen molar-refractivity contribution >= 4 is 21.4 Å². The van der Waals surface area contributed by atoms with Crippen LogP contribution < -0.4 is 4.90 Å². The summed E-state index contributed by atoms with van der Waals surface area (Å²) in [4.78, 5) is 13.7. The second-order valence-corrected chi connectivity index (χ2v) is 7.10. The Bertz CT molecular complexity index is 812. The molecule has 23 heavy (non-hydrogen) atoms. The summed E-state index contributed by atoms with van der Waals surface area (Å²) in [5.41, 5.74) is 0.645. The first-order valence-corrected chi connectivity index (χ1v) is 8.51. The molecule has 0 radical (unpaired) electrons. The van der Waals surface area contributed by atoms with Gasteiger partial charge in [-0.25, -0.2) is 8.42 Å². The Labute approximate surface area is 135 Å². The summed E-state index contributed by atoms with van der Waals surface area (Å²) in [6.07, 6.45) is -0.390. The lowest BCUT2D eigenvalue weighted by molar-refractivity contribution is -0.118. The molecular formula is C17H16N2O3S. The summed E-state index contributed by atoms with van der Waals surface area (Å²) in [6, 6.07) is 18.3. The van der Waals surface area contributed by atoms with E-state index in [2.05, 4.69) is 0 Å². The van der Waals surface area contributed by atoms with Gasteiger partial charge in [0.15, 0.2) is 15.1 Å². The second kappa shape index (κ2) is 7.07. The Balaban J connectivity index is 2.20. The molecule has 6 heteroatoms. The molecule has 2 rings (SSSR count). The SMILES string of the molecule is CN(C(=O)CC(C#N)S(=O)(=O)c1ccccc1)c1ccccc1. The van der Waals surface area contributed by atoms with Crippen LogP contribution in [-0.2, 0) is 14.6 Å². The van der Waals surface area contributed by atoms with Gasteiger partial charge < -0.3 is 4.90 Å². The van der Waals surface area contributed by atoms with Gasteiger partial charge >= 0.3 is 0 Å². The minimum atomic E-state index is -3.87. The van der Waals surface area contributed by atoms with E-state index in [4.69, 9.17) is 0 Å². The van der Waals surface area contributed by atoms with E-state index in [0.717, 1.165) is 0 Å².